The molecule has 0 N–H and O–H groups in total. The normalized spacial score (nSPS) is 11.8. The number of hydrogen-bond acceptors (Lipinski definition) is 7. The van der Waals surface area contributed by atoms with E-state index < -0.39 is 10.8 Å². The molecule has 1 aromatic carbocycles. The van der Waals surface area contributed by atoms with E-state index >= 15 is 0 Å². The molecule has 1 amide bonds. The van der Waals surface area contributed by atoms with E-state index in [4.69, 9.17) is 9.72 Å². The molecule has 3 aromatic heterocycles. The highest BCUT2D eigenvalue weighted by Crippen LogP contribution is 2.15. The zero-order valence-corrected chi connectivity index (χ0v) is 20.5. The summed E-state index contributed by atoms with van der Waals surface area (Å²) >= 11 is 0. The number of aryl methyl sites for hydroxylation is 2. The number of nitriles is 1. The number of nitrogens with zero attached hydrogens (tertiary/aromatic N) is 6. The van der Waals surface area contributed by atoms with E-state index in [1.54, 1.807) is 16.8 Å². The maximum absolute atomic E-state index is 13.3. The van der Waals surface area contributed by atoms with Gasteiger partial charge in [0, 0.05) is 37.0 Å². The molecule has 0 fully saturated rings. The van der Waals surface area contributed by atoms with Gasteiger partial charge in [-0.1, -0.05) is 6.07 Å². The molecule has 0 bridgehead atoms. The van der Waals surface area contributed by atoms with E-state index in [-0.39, 0.29) is 51.5 Å². The zero-order chi connectivity index (χ0) is 26.7. The fraction of sp³-hybridized carbons (Fsp3) is 0.269. The summed E-state index contributed by atoms with van der Waals surface area (Å²) in [7, 11) is 0. The Morgan fingerprint density at radius 3 is 2.62 bits per heavy atom. The molecule has 4 aromatic rings. The van der Waals surface area contributed by atoms with Gasteiger partial charge in [0.1, 0.15) is 17.4 Å². The van der Waals surface area contributed by atoms with E-state index in [0.29, 0.717) is 18.7 Å². The van der Waals surface area contributed by atoms with Gasteiger partial charge in [0.25, 0.3) is 17.2 Å². The number of rotatable bonds is 7. The smallest absolute Gasteiger partial charge is 0.279 e. The minimum absolute atomic E-state index is 0.0226. The highest BCUT2D eigenvalue weighted by molar-refractivity contribution is 5.95. The summed E-state index contributed by atoms with van der Waals surface area (Å²) in [5.74, 6) is -0.688. The Bertz CT molecular complexity index is 1690. The second kappa shape index (κ2) is 10.5. The number of aromatic nitrogens is 3. The van der Waals surface area contributed by atoms with Crippen LogP contribution in [0.15, 0.2) is 58.4 Å². The minimum atomic E-state index is -0.688. The van der Waals surface area contributed by atoms with Crippen molar-refractivity contribution in [1.82, 2.24) is 14.0 Å². The predicted molar refractivity (Wildman–Crippen MR) is 135 cm³/mol. The number of pyridine rings is 2. The van der Waals surface area contributed by atoms with Crippen LogP contribution in [0.3, 0.4) is 0 Å². The highest BCUT2D eigenvalue weighted by Gasteiger charge is 2.17. The lowest BCUT2D eigenvalue weighted by molar-refractivity contribution is -0.384. The van der Waals surface area contributed by atoms with Crippen molar-refractivity contribution < 1.29 is 14.5 Å². The Kier molecular flexibility index (Phi) is 7.22. The number of carbonyl (C=O) groups excluding carboxylic acids is 1. The second-order valence-electron chi connectivity index (χ2n) is 8.68. The van der Waals surface area contributed by atoms with Gasteiger partial charge in [-0.3, -0.25) is 24.1 Å². The van der Waals surface area contributed by atoms with Crippen LogP contribution in [0.25, 0.3) is 16.7 Å². The summed E-state index contributed by atoms with van der Waals surface area (Å²) in [4.78, 5) is 45.7. The molecule has 0 saturated heterocycles. The number of non-ortho nitro benzene ring substituents is 1. The van der Waals surface area contributed by atoms with E-state index in [2.05, 4.69) is 4.99 Å². The quantitative estimate of drug-likeness (QED) is 0.164. The van der Waals surface area contributed by atoms with Crippen LogP contribution in [-0.2, 0) is 11.3 Å². The Morgan fingerprint density at radius 2 is 1.97 bits per heavy atom. The first-order valence-electron chi connectivity index (χ1n) is 11.6. The van der Waals surface area contributed by atoms with Crippen molar-refractivity contribution >= 4 is 28.3 Å². The van der Waals surface area contributed by atoms with Crippen molar-refractivity contribution in [3.05, 3.63) is 91.3 Å². The van der Waals surface area contributed by atoms with Crippen LogP contribution in [0.1, 0.15) is 41.8 Å². The van der Waals surface area contributed by atoms with Gasteiger partial charge in [-0.25, -0.2) is 4.98 Å². The summed E-state index contributed by atoms with van der Waals surface area (Å²) in [6, 6.07) is 12.0. The van der Waals surface area contributed by atoms with Crippen molar-refractivity contribution in [2.24, 2.45) is 4.99 Å². The van der Waals surface area contributed by atoms with Gasteiger partial charge in [0.15, 0.2) is 5.49 Å². The molecule has 0 radical (unpaired) electrons. The van der Waals surface area contributed by atoms with Crippen LogP contribution >= 0.6 is 0 Å². The largest absolute Gasteiger partial charge is 0.379 e. The maximum Gasteiger partial charge on any atom is 0.279 e. The first-order chi connectivity index (χ1) is 17.7. The molecule has 0 unspecified atom stereocenters. The van der Waals surface area contributed by atoms with Crippen LogP contribution in [0.4, 0.5) is 5.69 Å². The Balaban J connectivity index is 1.96. The van der Waals surface area contributed by atoms with Crippen molar-refractivity contribution in [2.45, 2.75) is 39.8 Å². The maximum atomic E-state index is 13.3. The van der Waals surface area contributed by atoms with Crippen molar-refractivity contribution in [2.75, 3.05) is 6.61 Å². The Hall–Kier alpha value is -4.69. The predicted octanol–water partition coefficient (Wildman–Crippen LogP) is 3.29. The lowest BCUT2D eigenvalue weighted by Gasteiger charge is -2.15. The van der Waals surface area contributed by atoms with Crippen LogP contribution in [0.5, 0.6) is 0 Å². The fourth-order valence-corrected chi connectivity index (χ4v) is 3.93. The SMILES string of the molecule is Cc1cccn2c(=O)c3cc(C#N)c(=NC(=O)c4ccc([N+](=O)[O-])cc4)n(CCCOC(C)C)c3nc12. The average molecular weight is 501 g/mol. The average Bonchev–Trinajstić information content (AvgIpc) is 2.88. The molecular formula is C26H24N6O5. The first kappa shape index (κ1) is 25.4. The molecule has 4 rings (SSSR count). The van der Waals surface area contributed by atoms with Crippen LogP contribution in [0.2, 0.25) is 0 Å². The topological polar surface area (TPSA) is 145 Å². The van der Waals surface area contributed by atoms with Crippen LogP contribution in [-0.4, -0.2) is 37.5 Å². The first-order valence-corrected chi connectivity index (χ1v) is 11.6. The molecule has 11 nitrogen and oxygen atoms in total. The van der Waals surface area contributed by atoms with Crippen molar-refractivity contribution in [3.63, 3.8) is 0 Å². The van der Waals surface area contributed by atoms with E-state index in [0.717, 1.165) is 5.56 Å². The Labute approximate surface area is 211 Å². The molecular weight excluding hydrogens is 476 g/mol. The van der Waals surface area contributed by atoms with E-state index in [1.165, 1.54) is 34.7 Å². The number of amides is 1. The monoisotopic (exact) mass is 500 g/mol. The summed E-state index contributed by atoms with van der Waals surface area (Å²) in [5.41, 5.74) is 1.20. The number of benzene rings is 1. The van der Waals surface area contributed by atoms with Crippen molar-refractivity contribution in [3.8, 4) is 6.07 Å². The third kappa shape index (κ3) is 5.14. The van der Waals surface area contributed by atoms with Gasteiger partial charge < -0.3 is 9.30 Å². The van der Waals surface area contributed by atoms with E-state index in [1.807, 2.05) is 32.9 Å². The second-order valence-corrected chi connectivity index (χ2v) is 8.68. The number of nitro groups is 1. The molecule has 0 aliphatic carbocycles. The molecule has 11 heteroatoms. The number of nitro benzene ring substituents is 1. The highest BCUT2D eigenvalue weighted by atomic mass is 16.6. The summed E-state index contributed by atoms with van der Waals surface area (Å²) in [5, 5.41) is 21.1. The molecule has 3 heterocycles. The van der Waals surface area contributed by atoms with Gasteiger partial charge in [-0.15, -0.1) is 0 Å². The van der Waals surface area contributed by atoms with Crippen molar-refractivity contribution in [1.29, 1.82) is 5.26 Å². The molecule has 0 atom stereocenters. The molecule has 0 spiro atoms. The minimum Gasteiger partial charge on any atom is -0.379 e. The Morgan fingerprint density at radius 1 is 1.24 bits per heavy atom. The van der Waals surface area contributed by atoms with Crippen LogP contribution in [0, 0.1) is 28.4 Å². The fourth-order valence-electron chi connectivity index (χ4n) is 3.93. The molecule has 0 saturated carbocycles. The summed E-state index contributed by atoms with van der Waals surface area (Å²) < 4.78 is 8.66. The van der Waals surface area contributed by atoms with Gasteiger partial charge >= 0.3 is 0 Å². The van der Waals surface area contributed by atoms with Gasteiger partial charge in [0.2, 0.25) is 0 Å². The summed E-state index contributed by atoms with van der Waals surface area (Å²) in [6.45, 7) is 6.35. The van der Waals surface area contributed by atoms with Gasteiger partial charge in [0.05, 0.1) is 22.0 Å². The third-order valence-electron chi connectivity index (χ3n) is 5.74. The lowest BCUT2D eigenvalue weighted by atomic mass is 10.2. The number of carbonyl (C=O) groups is 1. The molecule has 37 heavy (non-hydrogen) atoms. The molecule has 0 aliphatic heterocycles. The van der Waals surface area contributed by atoms with E-state index in [9.17, 15) is 25.0 Å². The molecule has 188 valence electrons. The number of fused-ring (bicyclic) bond motifs is 2. The summed E-state index contributed by atoms with van der Waals surface area (Å²) in [6.07, 6.45) is 2.14. The standard InChI is InChI=1S/C26H24N6O5/c1-16(2)37-13-5-12-30-23(29-25(33)18-7-9-20(10-8-18)32(35)36)19(15-27)14-21-24(30)28-22-17(3)6-4-11-31(22)26(21)34/h4,6-11,14,16H,5,12-13H2,1-3H3. The number of ether oxygens (including phenoxy) is 1. The third-order valence-corrected chi connectivity index (χ3v) is 5.74. The van der Waals surface area contributed by atoms with Gasteiger partial charge in [-0.05, 0) is 57.0 Å². The van der Waals surface area contributed by atoms with Crippen LogP contribution < -0.4 is 11.0 Å². The zero-order valence-electron chi connectivity index (χ0n) is 20.5. The van der Waals surface area contributed by atoms with Gasteiger partial charge in [-0.2, -0.15) is 10.3 Å². The molecule has 0 aliphatic rings. The number of hydrogen-bond donors (Lipinski definition) is 0. The lowest BCUT2D eigenvalue weighted by Crippen LogP contribution is -2.30.